The van der Waals surface area contributed by atoms with Crippen molar-refractivity contribution < 1.29 is 14.7 Å². The second-order valence-electron chi connectivity index (χ2n) is 6.59. The quantitative estimate of drug-likeness (QED) is 0.657. The third-order valence-electron chi connectivity index (χ3n) is 4.56. The first-order valence-corrected chi connectivity index (χ1v) is 8.41. The summed E-state index contributed by atoms with van der Waals surface area (Å²) < 4.78 is 0. The number of amides is 1. The Morgan fingerprint density at radius 2 is 1.75 bits per heavy atom. The fourth-order valence-corrected chi connectivity index (χ4v) is 3.47. The van der Waals surface area contributed by atoms with E-state index in [-0.39, 0.29) is 17.7 Å². The van der Waals surface area contributed by atoms with Gasteiger partial charge < -0.3 is 15.3 Å². The zero-order chi connectivity index (χ0) is 17.9. The Bertz CT molecular complexity index is 617. The predicted molar refractivity (Wildman–Crippen MR) is 95.6 cm³/mol. The highest BCUT2D eigenvalue weighted by Crippen LogP contribution is 2.27. The van der Waals surface area contributed by atoms with Gasteiger partial charge in [0.15, 0.2) is 0 Å². The van der Waals surface area contributed by atoms with Crippen LogP contribution in [0.1, 0.15) is 42.0 Å². The van der Waals surface area contributed by atoms with E-state index in [0.717, 1.165) is 48.2 Å². The maximum atomic E-state index is 12.8. The van der Waals surface area contributed by atoms with Gasteiger partial charge in [-0.15, -0.1) is 0 Å². The lowest BCUT2D eigenvalue weighted by atomic mass is 9.92. The van der Waals surface area contributed by atoms with Crippen LogP contribution in [0, 0.1) is 20.8 Å². The third kappa shape index (κ3) is 4.16. The number of hydrogen-bond acceptors (Lipinski definition) is 4. The summed E-state index contributed by atoms with van der Waals surface area (Å²) in [4.78, 5) is 18.0. The lowest BCUT2D eigenvalue weighted by Crippen LogP contribution is -2.44. The van der Waals surface area contributed by atoms with Crippen molar-refractivity contribution >= 4 is 11.5 Å². The smallest absolute Gasteiger partial charge is 0.255 e. The number of nitrogens with zero attached hydrogens (tertiary/aromatic N) is 1. The first-order chi connectivity index (χ1) is 11.3. The number of rotatable bonds is 4. The molecule has 1 fully saturated rings. The molecule has 0 atom stereocenters. The highest BCUT2D eigenvalue weighted by atomic mass is 16.7. The number of aliphatic hydroxyl groups excluding tert-OH is 1. The van der Waals surface area contributed by atoms with Crippen molar-refractivity contribution in [1.82, 2.24) is 10.4 Å². The molecule has 1 heterocycles. The van der Waals surface area contributed by atoms with Crippen LogP contribution in [0.25, 0.3) is 5.57 Å². The van der Waals surface area contributed by atoms with Crippen LogP contribution < -0.4 is 5.32 Å². The van der Waals surface area contributed by atoms with E-state index in [1.54, 1.807) is 14.0 Å². The Kier molecular flexibility index (Phi) is 6.02. The molecule has 132 valence electrons. The van der Waals surface area contributed by atoms with Crippen molar-refractivity contribution in [2.75, 3.05) is 20.2 Å². The average molecular weight is 332 g/mol. The van der Waals surface area contributed by atoms with Crippen LogP contribution in [0.4, 0.5) is 0 Å². The number of piperidine rings is 1. The molecule has 1 aliphatic rings. The summed E-state index contributed by atoms with van der Waals surface area (Å²) >= 11 is 0. The Labute approximate surface area is 144 Å². The van der Waals surface area contributed by atoms with E-state index in [2.05, 4.69) is 5.32 Å². The van der Waals surface area contributed by atoms with Gasteiger partial charge in [-0.05, 0) is 57.2 Å². The minimum absolute atomic E-state index is 0.0527. The summed E-state index contributed by atoms with van der Waals surface area (Å²) in [6.07, 6.45) is 1.67. The van der Waals surface area contributed by atoms with Crippen LogP contribution in [-0.2, 0) is 9.63 Å². The molecule has 1 amide bonds. The highest BCUT2D eigenvalue weighted by molar-refractivity contribution is 6.20. The molecule has 1 saturated heterocycles. The van der Waals surface area contributed by atoms with Gasteiger partial charge in [-0.2, -0.15) is 5.06 Å². The van der Waals surface area contributed by atoms with E-state index in [4.69, 9.17) is 4.84 Å². The fourth-order valence-electron chi connectivity index (χ4n) is 3.47. The van der Waals surface area contributed by atoms with E-state index < -0.39 is 0 Å². The summed E-state index contributed by atoms with van der Waals surface area (Å²) in [5.74, 6) is -0.155. The predicted octanol–water partition coefficient (Wildman–Crippen LogP) is 3.04. The summed E-state index contributed by atoms with van der Waals surface area (Å²) in [6.45, 7) is 9.14. The molecule has 1 aromatic rings. The zero-order valence-electron chi connectivity index (χ0n) is 15.3. The maximum absolute atomic E-state index is 12.8. The van der Waals surface area contributed by atoms with Gasteiger partial charge in [-0.25, -0.2) is 0 Å². The number of nitrogens with one attached hydrogen (secondary N) is 1. The molecular formula is C19H28N2O3. The number of carbonyl (C=O) groups excluding carboxylic acids is 1. The van der Waals surface area contributed by atoms with Gasteiger partial charge in [-0.3, -0.25) is 4.79 Å². The number of aryl methyl sites for hydroxylation is 3. The lowest BCUT2D eigenvalue weighted by molar-refractivity contribution is -0.145. The van der Waals surface area contributed by atoms with Crippen LogP contribution in [0.2, 0.25) is 0 Å². The second-order valence-corrected chi connectivity index (χ2v) is 6.59. The molecule has 0 unspecified atom stereocenters. The van der Waals surface area contributed by atoms with Crippen LogP contribution >= 0.6 is 0 Å². The van der Waals surface area contributed by atoms with Crippen LogP contribution in [0.5, 0.6) is 0 Å². The Morgan fingerprint density at radius 3 is 2.21 bits per heavy atom. The van der Waals surface area contributed by atoms with Gasteiger partial charge >= 0.3 is 0 Å². The number of carbonyl (C=O) groups is 1. The van der Waals surface area contributed by atoms with Crippen molar-refractivity contribution in [3.63, 3.8) is 0 Å². The minimum atomic E-state index is -0.207. The number of aliphatic hydroxyl groups is 1. The number of benzene rings is 1. The van der Waals surface area contributed by atoms with Crippen LogP contribution in [0.3, 0.4) is 0 Å². The first-order valence-electron chi connectivity index (χ1n) is 8.41. The number of hydroxylamine groups is 2. The SMILES string of the molecule is CON1CCC(NC(=O)/C(=C(\C)O)c2c(C)cc(C)cc2C)CC1. The molecule has 0 saturated carbocycles. The normalized spacial score (nSPS) is 17.5. The maximum Gasteiger partial charge on any atom is 0.255 e. The molecule has 5 heteroatoms. The zero-order valence-corrected chi connectivity index (χ0v) is 15.3. The van der Waals surface area contributed by atoms with E-state index >= 15 is 0 Å². The summed E-state index contributed by atoms with van der Waals surface area (Å²) in [5, 5.41) is 15.1. The van der Waals surface area contributed by atoms with Crippen molar-refractivity contribution in [3.8, 4) is 0 Å². The van der Waals surface area contributed by atoms with Crippen molar-refractivity contribution in [1.29, 1.82) is 0 Å². The molecule has 24 heavy (non-hydrogen) atoms. The first kappa shape index (κ1) is 18.5. The Morgan fingerprint density at radius 1 is 1.21 bits per heavy atom. The molecule has 0 bridgehead atoms. The average Bonchev–Trinajstić information content (AvgIpc) is 2.50. The number of allylic oxidation sites excluding steroid dienone is 1. The standard InChI is InChI=1S/C19H28N2O3/c1-12-10-13(2)17(14(3)11-12)18(15(4)22)19(23)20-16-6-8-21(24-5)9-7-16/h10-11,16,22H,6-9H2,1-5H3,(H,20,23)/b18-15+. The van der Waals surface area contributed by atoms with Gasteiger partial charge in [-0.1, -0.05) is 17.7 Å². The van der Waals surface area contributed by atoms with E-state index in [1.807, 2.05) is 38.0 Å². The summed E-state index contributed by atoms with van der Waals surface area (Å²) in [5.41, 5.74) is 4.35. The molecule has 0 spiro atoms. The molecule has 2 rings (SSSR count). The molecule has 1 aliphatic heterocycles. The molecule has 0 aliphatic carbocycles. The van der Waals surface area contributed by atoms with Crippen molar-refractivity contribution in [3.05, 3.63) is 40.1 Å². The molecule has 5 nitrogen and oxygen atoms in total. The second kappa shape index (κ2) is 7.81. The Hall–Kier alpha value is -1.85. The van der Waals surface area contributed by atoms with Crippen molar-refractivity contribution in [2.24, 2.45) is 0 Å². The molecule has 0 aromatic heterocycles. The molecule has 0 radical (unpaired) electrons. The van der Waals surface area contributed by atoms with Gasteiger partial charge in [0.05, 0.1) is 12.7 Å². The van der Waals surface area contributed by atoms with Crippen LogP contribution in [-0.4, -0.2) is 42.3 Å². The van der Waals surface area contributed by atoms with Crippen LogP contribution in [0.15, 0.2) is 17.9 Å². The van der Waals surface area contributed by atoms with E-state index in [0.29, 0.717) is 5.57 Å². The summed E-state index contributed by atoms with van der Waals surface area (Å²) in [6, 6.07) is 4.18. The van der Waals surface area contributed by atoms with E-state index in [9.17, 15) is 9.90 Å². The van der Waals surface area contributed by atoms with Gasteiger partial charge in [0.25, 0.3) is 5.91 Å². The monoisotopic (exact) mass is 332 g/mol. The lowest BCUT2D eigenvalue weighted by Gasteiger charge is -2.30. The van der Waals surface area contributed by atoms with Gasteiger partial charge in [0, 0.05) is 19.1 Å². The minimum Gasteiger partial charge on any atom is -0.512 e. The fraction of sp³-hybridized carbons (Fsp3) is 0.526. The van der Waals surface area contributed by atoms with Crippen molar-refractivity contribution in [2.45, 2.75) is 46.6 Å². The molecule has 1 aromatic carbocycles. The largest absolute Gasteiger partial charge is 0.512 e. The Balaban J connectivity index is 2.21. The topological polar surface area (TPSA) is 61.8 Å². The van der Waals surface area contributed by atoms with E-state index in [1.165, 1.54) is 0 Å². The van der Waals surface area contributed by atoms with Gasteiger partial charge in [0.2, 0.25) is 0 Å². The van der Waals surface area contributed by atoms with Gasteiger partial charge in [0.1, 0.15) is 5.76 Å². The highest BCUT2D eigenvalue weighted by Gasteiger charge is 2.25. The number of hydrogen-bond donors (Lipinski definition) is 2. The third-order valence-corrected chi connectivity index (χ3v) is 4.56. The molecular weight excluding hydrogens is 304 g/mol. The molecule has 2 N–H and O–H groups in total. The summed E-state index contributed by atoms with van der Waals surface area (Å²) in [7, 11) is 1.66.